The van der Waals surface area contributed by atoms with E-state index in [1.54, 1.807) is 29.5 Å². The number of ether oxygens (including phenoxy) is 2. The van der Waals surface area contributed by atoms with Crippen LogP contribution in [-0.2, 0) is 11.3 Å². The summed E-state index contributed by atoms with van der Waals surface area (Å²) >= 11 is 1.63. The molecule has 1 aromatic carbocycles. The van der Waals surface area contributed by atoms with Gasteiger partial charge in [-0.25, -0.2) is 0 Å². The van der Waals surface area contributed by atoms with Crippen LogP contribution in [-0.4, -0.2) is 24.4 Å². The van der Waals surface area contributed by atoms with Crippen molar-refractivity contribution in [1.82, 2.24) is 0 Å². The summed E-state index contributed by atoms with van der Waals surface area (Å²) in [4.78, 5) is 1.13. The summed E-state index contributed by atoms with van der Waals surface area (Å²) in [6.45, 7) is 2.75. The van der Waals surface area contributed by atoms with E-state index in [1.165, 1.54) is 0 Å². The number of nitriles is 1. The van der Waals surface area contributed by atoms with Crippen LogP contribution in [0.2, 0.25) is 0 Å². The van der Waals surface area contributed by atoms with E-state index in [0.29, 0.717) is 17.9 Å². The summed E-state index contributed by atoms with van der Waals surface area (Å²) in [5.74, 6) is 0.642. The van der Waals surface area contributed by atoms with E-state index >= 15 is 0 Å². The van der Waals surface area contributed by atoms with E-state index in [4.69, 9.17) is 14.7 Å². The van der Waals surface area contributed by atoms with Crippen molar-refractivity contribution in [2.45, 2.75) is 19.6 Å². The minimum atomic E-state index is -0.680. The quantitative estimate of drug-likeness (QED) is 0.854. The molecule has 0 saturated carbocycles. The number of rotatable bonds is 7. The second-order valence-corrected chi connectivity index (χ2v) is 5.68. The Morgan fingerprint density at radius 1 is 1.33 bits per heavy atom. The van der Waals surface area contributed by atoms with Gasteiger partial charge in [-0.05, 0) is 42.1 Å². The van der Waals surface area contributed by atoms with Gasteiger partial charge in [0.15, 0.2) is 0 Å². The Morgan fingerprint density at radius 2 is 2.19 bits per heavy atom. The molecule has 110 valence electrons. The molecule has 4 nitrogen and oxygen atoms in total. The number of aryl methyl sites for hydroxylation is 1. The topological polar surface area (TPSA) is 62.5 Å². The van der Waals surface area contributed by atoms with Crippen LogP contribution in [0.4, 0.5) is 0 Å². The van der Waals surface area contributed by atoms with Crippen LogP contribution >= 0.6 is 11.3 Å². The van der Waals surface area contributed by atoms with Gasteiger partial charge in [0.1, 0.15) is 18.5 Å². The van der Waals surface area contributed by atoms with Gasteiger partial charge in [-0.15, -0.1) is 11.3 Å². The Kier molecular flexibility index (Phi) is 5.76. The number of benzene rings is 1. The molecule has 1 atom stereocenters. The first-order chi connectivity index (χ1) is 10.2. The zero-order valence-electron chi connectivity index (χ0n) is 11.8. The largest absolute Gasteiger partial charge is 0.491 e. The van der Waals surface area contributed by atoms with Crippen molar-refractivity contribution >= 4 is 11.3 Å². The number of hydrogen-bond acceptors (Lipinski definition) is 5. The number of hydrogen-bond donors (Lipinski definition) is 1. The number of aliphatic hydroxyl groups is 1. The molecule has 0 amide bonds. The normalized spacial score (nSPS) is 11.9. The van der Waals surface area contributed by atoms with Crippen LogP contribution in [0.1, 0.15) is 16.0 Å². The smallest absolute Gasteiger partial charge is 0.119 e. The lowest BCUT2D eigenvalue weighted by Gasteiger charge is -2.13. The summed E-state index contributed by atoms with van der Waals surface area (Å²) in [5.41, 5.74) is 1.49. The Balaban J connectivity index is 1.72. The third kappa shape index (κ3) is 4.87. The van der Waals surface area contributed by atoms with E-state index < -0.39 is 6.10 Å². The van der Waals surface area contributed by atoms with E-state index in [-0.39, 0.29) is 13.2 Å². The zero-order valence-corrected chi connectivity index (χ0v) is 12.6. The molecule has 0 saturated heterocycles. The standard InChI is InChI=1S/C16H17NO3S/c1-12-7-15(5-4-13(12)8-17)20-10-14(18)9-19-11-16-3-2-6-21-16/h2-7,14,18H,9-11H2,1H3. The highest BCUT2D eigenvalue weighted by molar-refractivity contribution is 7.09. The van der Waals surface area contributed by atoms with E-state index in [2.05, 4.69) is 6.07 Å². The van der Waals surface area contributed by atoms with Crippen molar-refractivity contribution in [3.8, 4) is 11.8 Å². The molecule has 0 spiro atoms. The van der Waals surface area contributed by atoms with Crippen LogP contribution in [0.5, 0.6) is 5.75 Å². The van der Waals surface area contributed by atoms with Gasteiger partial charge in [-0.1, -0.05) is 6.07 Å². The average Bonchev–Trinajstić information content (AvgIpc) is 2.98. The number of nitrogens with zero attached hydrogens (tertiary/aromatic N) is 1. The maximum absolute atomic E-state index is 9.81. The highest BCUT2D eigenvalue weighted by Crippen LogP contribution is 2.17. The summed E-state index contributed by atoms with van der Waals surface area (Å²) in [6.07, 6.45) is -0.680. The molecule has 1 N–H and O–H groups in total. The molecule has 1 aromatic heterocycles. The first-order valence-electron chi connectivity index (χ1n) is 6.61. The lowest BCUT2D eigenvalue weighted by atomic mass is 10.1. The molecule has 1 heterocycles. The first kappa shape index (κ1) is 15.5. The van der Waals surface area contributed by atoms with Crippen molar-refractivity contribution in [2.24, 2.45) is 0 Å². The van der Waals surface area contributed by atoms with Gasteiger partial charge in [0.05, 0.1) is 24.8 Å². The van der Waals surface area contributed by atoms with Gasteiger partial charge in [0.2, 0.25) is 0 Å². The van der Waals surface area contributed by atoms with Gasteiger partial charge in [-0.2, -0.15) is 5.26 Å². The van der Waals surface area contributed by atoms with Crippen LogP contribution in [0.25, 0.3) is 0 Å². The van der Waals surface area contributed by atoms with Crippen molar-refractivity contribution in [3.05, 3.63) is 51.7 Å². The zero-order chi connectivity index (χ0) is 15.1. The molecule has 5 heteroatoms. The maximum Gasteiger partial charge on any atom is 0.119 e. The molecule has 0 aliphatic carbocycles. The summed E-state index contributed by atoms with van der Waals surface area (Å²) in [6, 6.07) is 11.3. The first-order valence-corrected chi connectivity index (χ1v) is 7.48. The molecule has 0 fully saturated rings. The van der Waals surface area contributed by atoms with Crippen molar-refractivity contribution in [2.75, 3.05) is 13.2 Å². The average molecular weight is 303 g/mol. The van der Waals surface area contributed by atoms with Gasteiger partial charge >= 0.3 is 0 Å². The van der Waals surface area contributed by atoms with Gasteiger partial charge in [-0.3, -0.25) is 0 Å². The molecule has 2 aromatic rings. The van der Waals surface area contributed by atoms with Crippen LogP contribution < -0.4 is 4.74 Å². The molecule has 21 heavy (non-hydrogen) atoms. The minimum absolute atomic E-state index is 0.162. The van der Waals surface area contributed by atoms with E-state index in [1.807, 2.05) is 24.4 Å². The fraction of sp³-hybridized carbons (Fsp3) is 0.312. The molecule has 1 unspecified atom stereocenters. The SMILES string of the molecule is Cc1cc(OCC(O)COCc2cccs2)ccc1C#N. The fourth-order valence-corrected chi connectivity index (χ4v) is 2.42. The third-order valence-corrected chi connectivity index (χ3v) is 3.75. The molecule has 0 aliphatic rings. The van der Waals surface area contributed by atoms with Crippen molar-refractivity contribution in [3.63, 3.8) is 0 Å². The molecular weight excluding hydrogens is 286 g/mol. The molecular formula is C16H17NO3S. The Labute approximate surface area is 128 Å². The molecule has 0 aliphatic heterocycles. The second-order valence-electron chi connectivity index (χ2n) is 4.65. The second kappa shape index (κ2) is 7.79. The fourth-order valence-electron chi connectivity index (χ4n) is 1.78. The van der Waals surface area contributed by atoms with Crippen LogP contribution in [0.3, 0.4) is 0 Å². The summed E-state index contributed by atoms with van der Waals surface area (Å²) in [5, 5.41) is 20.7. The van der Waals surface area contributed by atoms with Crippen LogP contribution in [0, 0.1) is 18.3 Å². The van der Waals surface area contributed by atoms with Crippen LogP contribution in [0.15, 0.2) is 35.7 Å². The summed E-state index contributed by atoms with van der Waals surface area (Å²) in [7, 11) is 0. The van der Waals surface area contributed by atoms with Crippen molar-refractivity contribution in [1.29, 1.82) is 5.26 Å². The van der Waals surface area contributed by atoms with Crippen molar-refractivity contribution < 1.29 is 14.6 Å². The van der Waals surface area contributed by atoms with Gasteiger partial charge in [0.25, 0.3) is 0 Å². The Morgan fingerprint density at radius 3 is 2.86 bits per heavy atom. The minimum Gasteiger partial charge on any atom is -0.491 e. The number of thiophene rings is 1. The monoisotopic (exact) mass is 303 g/mol. The number of aliphatic hydroxyl groups excluding tert-OH is 1. The Bertz CT molecular complexity index is 604. The highest BCUT2D eigenvalue weighted by Gasteiger charge is 2.07. The predicted octanol–water partition coefficient (Wildman–Crippen LogP) is 2.88. The molecule has 0 bridgehead atoms. The maximum atomic E-state index is 9.81. The predicted molar refractivity (Wildman–Crippen MR) is 81.4 cm³/mol. The molecule has 2 rings (SSSR count). The Hall–Kier alpha value is -1.87. The van der Waals surface area contributed by atoms with Gasteiger partial charge in [0, 0.05) is 4.88 Å². The third-order valence-electron chi connectivity index (χ3n) is 2.90. The lowest BCUT2D eigenvalue weighted by molar-refractivity contribution is 0.00624. The lowest BCUT2D eigenvalue weighted by Crippen LogP contribution is -2.23. The van der Waals surface area contributed by atoms with Gasteiger partial charge < -0.3 is 14.6 Å². The summed E-state index contributed by atoms with van der Waals surface area (Å²) < 4.78 is 10.9. The molecule has 0 radical (unpaired) electrons. The van der Waals surface area contributed by atoms with E-state index in [9.17, 15) is 5.11 Å². The highest BCUT2D eigenvalue weighted by atomic mass is 32.1. The van der Waals surface area contributed by atoms with E-state index in [0.717, 1.165) is 10.4 Å².